The molecule has 0 amide bonds. The number of hydrogen-bond acceptors (Lipinski definition) is 5. The molecule has 5 nitrogen and oxygen atoms in total. The second-order valence-corrected chi connectivity index (χ2v) is 12.8. The molecule has 244 valence electrons. The van der Waals surface area contributed by atoms with Gasteiger partial charge in [-0.05, 0) is 58.8 Å². The molecule has 0 fully saturated rings. The summed E-state index contributed by atoms with van der Waals surface area (Å²) in [5.74, 6) is 3.30. The molecule has 0 bridgehead atoms. The van der Waals surface area contributed by atoms with E-state index in [1.807, 2.05) is 66.7 Å². The predicted octanol–water partition coefficient (Wildman–Crippen LogP) is 12.4. The predicted molar refractivity (Wildman–Crippen MR) is 211 cm³/mol. The van der Waals surface area contributed by atoms with Gasteiger partial charge < -0.3 is 9.64 Å². The summed E-state index contributed by atoms with van der Waals surface area (Å²) in [6.07, 6.45) is 0. The Bertz CT molecular complexity index is 2710. The van der Waals surface area contributed by atoms with Crippen LogP contribution in [0.5, 0.6) is 11.5 Å². The normalized spacial score (nSPS) is 11.6. The number of aromatic nitrogens is 3. The van der Waals surface area contributed by atoms with Gasteiger partial charge in [0.15, 0.2) is 17.5 Å². The molecule has 0 saturated carbocycles. The van der Waals surface area contributed by atoms with Crippen molar-refractivity contribution in [1.29, 1.82) is 0 Å². The molecule has 9 aromatic rings. The van der Waals surface area contributed by atoms with Gasteiger partial charge in [0.25, 0.3) is 0 Å². The fourth-order valence-electron chi connectivity index (χ4n) is 7.26. The standard InChI is InChI=1S/C47H30N4O/c1-4-15-32(16-5-1)45-48-46(33-17-6-2-7-18-33)50-47(49-45)40-25-13-23-38-37-22-12-24-39-41(28-29-42(43(37)39)52-44(38)40)51(35-20-8-3-9-21-35)36-27-26-31-14-10-11-19-34(31)30-36/h1-30H. The molecule has 0 radical (unpaired) electrons. The highest BCUT2D eigenvalue weighted by Gasteiger charge is 2.27. The lowest BCUT2D eigenvalue weighted by molar-refractivity contribution is 0.488. The van der Waals surface area contributed by atoms with E-state index >= 15 is 0 Å². The van der Waals surface area contributed by atoms with E-state index in [0.29, 0.717) is 17.5 Å². The first-order valence-electron chi connectivity index (χ1n) is 17.4. The molecule has 0 N–H and O–H groups in total. The lowest BCUT2D eigenvalue weighted by atomic mass is 9.92. The van der Waals surface area contributed by atoms with Crippen LogP contribution in [0, 0.1) is 0 Å². The zero-order valence-electron chi connectivity index (χ0n) is 28.0. The van der Waals surface area contributed by atoms with Crippen LogP contribution in [-0.2, 0) is 0 Å². The van der Waals surface area contributed by atoms with Crippen molar-refractivity contribution in [3.8, 4) is 56.8 Å². The Morgan fingerprint density at radius 1 is 0.404 bits per heavy atom. The Morgan fingerprint density at radius 3 is 1.73 bits per heavy atom. The second-order valence-electron chi connectivity index (χ2n) is 12.8. The van der Waals surface area contributed by atoms with Crippen molar-refractivity contribution < 1.29 is 4.74 Å². The number of nitrogens with zero attached hydrogens (tertiary/aromatic N) is 4. The third-order valence-electron chi connectivity index (χ3n) is 9.68. The van der Waals surface area contributed by atoms with E-state index in [1.54, 1.807) is 0 Å². The van der Waals surface area contributed by atoms with Crippen LogP contribution in [0.3, 0.4) is 0 Å². The molecular weight excluding hydrogens is 637 g/mol. The van der Waals surface area contributed by atoms with Crippen molar-refractivity contribution in [2.75, 3.05) is 4.90 Å². The maximum Gasteiger partial charge on any atom is 0.167 e. The van der Waals surface area contributed by atoms with Crippen LogP contribution in [0.15, 0.2) is 182 Å². The minimum Gasteiger partial charge on any atom is -0.455 e. The molecule has 0 saturated heterocycles. The maximum atomic E-state index is 6.91. The third kappa shape index (κ3) is 5.07. The van der Waals surface area contributed by atoms with Crippen molar-refractivity contribution in [3.63, 3.8) is 0 Å². The van der Waals surface area contributed by atoms with E-state index in [9.17, 15) is 0 Å². The molecule has 1 aliphatic rings. The van der Waals surface area contributed by atoms with Gasteiger partial charge in [0.1, 0.15) is 11.5 Å². The molecule has 5 heteroatoms. The summed E-state index contributed by atoms with van der Waals surface area (Å²) in [4.78, 5) is 17.3. The van der Waals surface area contributed by atoms with E-state index in [0.717, 1.165) is 67.2 Å². The minimum absolute atomic E-state index is 0.559. The molecule has 8 aromatic carbocycles. The van der Waals surface area contributed by atoms with Crippen molar-refractivity contribution in [1.82, 2.24) is 15.0 Å². The monoisotopic (exact) mass is 666 g/mol. The summed E-state index contributed by atoms with van der Waals surface area (Å²) < 4.78 is 6.91. The lowest BCUT2D eigenvalue weighted by Crippen LogP contribution is -2.11. The number of benzene rings is 8. The molecule has 1 aliphatic heterocycles. The Labute approximate surface area is 301 Å². The van der Waals surface area contributed by atoms with Crippen molar-refractivity contribution in [2.45, 2.75) is 0 Å². The number of ether oxygens (including phenoxy) is 1. The quantitative estimate of drug-likeness (QED) is 0.177. The fourth-order valence-corrected chi connectivity index (χ4v) is 7.26. The summed E-state index contributed by atoms with van der Waals surface area (Å²) >= 11 is 0. The highest BCUT2D eigenvalue weighted by atomic mass is 16.5. The molecular formula is C47H30N4O. The van der Waals surface area contributed by atoms with Gasteiger partial charge in [-0.3, -0.25) is 0 Å². The molecule has 2 heterocycles. The van der Waals surface area contributed by atoms with Crippen LogP contribution in [-0.4, -0.2) is 15.0 Å². The number of para-hydroxylation sites is 2. The number of anilines is 3. The smallest absolute Gasteiger partial charge is 0.167 e. The van der Waals surface area contributed by atoms with Crippen LogP contribution in [0.25, 0.3) is 66.8 Å². The topological polar surface area (TPSA) is 51.1 Å². The van der Waals surface area contributed by atoms with Gasteiger partial charge in [-0.25, -0.2) is 15.0 Å². The van der Waals surface area contributed by atoms with Gasteiger partial charge in [0.2, 0.25) is 0 Å². The third-order valence-corrected chi connectivity index (χ3v) is 9.68. The first-order chi connectivity index (χ1) is 25.8. The van der Waals surface area contributed by atoms with E-state index in [4.69, 9.17) is 19.7 Å². The Morgan fingerprint density at radius 2 is 1.00 bits per heavy atom. The van der Waals surface area contributed by atoms with Crippen LogP contribution >= 0.6 is 0 Å². The highest BCUT2D eigenvalue weighted by molar-refractivity contribution is 6.11. The SMILES string of the molecule is c1ccc(-c2nc(-c3ccccc3)nc(-c3cccc4c3Oc3ccc(N(c5ccccc5)c5ccc6ccccc6c5)c5cccc-4c35)n2)cc1. The van der Waals surface area contributed by atoms with E-state index < -0.39 is 0 Å². The van der Waals surface area contributed by atoms with Crippen molar-refractivity contribution in [3.05, 3.63) is 182 Å². The number of rotatable bonds is 6. The Kier molecular flexibility index (Phi) is 7.07. The van der Waals surface area contributed by atoms with Crippen LogP contribution < -0.4 is 9.64 Å². The van der Waals surface area contributed by atoms with Gasteiger partial charge in [0, 0.05) is 38.8 Å². The van der Waals surface area contributed by atoms with Gasteiger partial charge in [-0.1, -0.05) is 140 Å². The Hall–Kier alpha value is -7.11. The average molecular weight is 667 g/mol. The summed E-state index contributed by atoms with van der Waals surface area (Å²) in [7, 11) is 0. The van der Waals surface area contributed by atoms with E-state index in [-0.39, 0.29) is 0 Å². The molecule has 10 rings (SSSR count). The molecule has 52 heavy (non-hydrogen) atoms. The van der Waals surface area contributed by atoms with Gasteiger partial charge in [-0.15, -0.1) is 0 Å². The lowest BCUT2D eigenvalue weighted by Gasteiger charge is -2.29. The van der Waals surface area contributed by atoms with Gasteiger partial charge in [0.05, 0.1) is 11.3 Å². The van der Waals surface area contributed by atoms with Crippen LogP contribution in [0.1, 0.15) is 0 Å². The second kappa shape index (κ2) is 12.3. The number of fused-ring (bicyclic) bond motifs is 3. The van der Waals surface area contributed by atoms with Gasteiger partial charge >= 0.3 is 0 Å². The summed E-state index contributed by atoms with van der Waals surface area (Å²) in [5.41, 5.74) is 7.99. The van der Waals surface area contributed by atoms with E-state index in [2.05, 4.69) is 120 Å². The summed E-state index contributed by atoms with van der Waals surface area (Å²) in [6, 6.07) is 62.8. The Balaban J connectivity index is 1.15. The first kappa shape index (κ1) is 29.8. The summed E-state index contributed by atoms with van der Waals surface area (Å²) in [5, 5.41) is 4.57. The zero-order chi connectivity index (χ0) is 34.4. The first-order valence-corrected chi connectivity index (χ1v) is 17.4. The van der Waals surface area contributed by atoms with Crippen molar-refractivity contribution in [2.24, 2.45) is 0 Å². The average Bonchev–Trinajstić information content (AvgIpc) is 3.22. The molecule has 0 aliphatic carbocycles. The summed E-state index contributed by atoms with van der Waals surface area (Å²) in [6.45, 7) is 0. The zero-order valence-corrected chi connectivity index (χ0v) is 28.0. The largest absolute Gasteiger partial charge is 0.455 e. The fraction of sp³-hybridized carbons (Fsp3) is 0. The van der Waals surface area contributed by atoms with Crippen molar-refractivity contribution >= 4 is 38.6 Å². The molecule has 1 aromatic heterocycles. The van der Waals surface area contributed by atoms with Gasteiger partial charge in [-0.2, -0.15) is 0 Å². The minimum atomic E-state index is 0.559. The van der Waals surface area contributed by atoms with E-state index in [1.165, 1.54) is 10.8 Å². The van der Waals surface area contributed by atoms with Crippen LogP contribution in [0.2, 0.25) is 0 Å². The van der Waals surface area contributed by atoms with Crippen LogP contribution in [0.4, 0.5) is 17.1 Å². The number of hydrogen-bond donors (Lipinski definition) is 0. The maximum absolute atomic E-state index is 6.91. The molecule has 0 unspecified atom stereocenters. The molecule has 0 spiro atoms. The molecule has 0 atom stereocenters. The highest BCUT2D eigenvalue weighted by Crippen LogP contribution is 2.52.